The summed E-state index contributed by atoms with van der Waals surface area (Å²) in [6, 6.07) is 13.4. The van der Waals surface area contributed by atoms with E-state index in [4.69, 9.17) is 9.84 Å². The van der Waals surface area contributed by atoms with E-state index < -0.39 is 28.5 Å². The van der Waals surface area contributed by atoms with Crippen molar-refractivity contribution in [3.05, 3.63) is 75.9 Å². The first-order valence-electron chi connectivity index (χ1n) is 14.4. The number of nitrogens with one attached hydrogen (secondary N) is 1. The molecule has 12 heteroatoms. The molecule has 1 saturated heterocycles. The van der Waals surface area contributed by atoms with Crippen LogP contribution in [0.1, 0.15) is 60.3 Å². The van der Waals surface area contributed by atoms with E-state index in [9.17, 15) is 18.5 Å². The molecule has 1 fully saturated rings. The first kappa shape index (κ1) is 30.5. The van der Waals surface area contributed by atoms with Crippen molar-refractivity contribution in [3.8, 4) is 11.8 Å². The van der Waals surface area contributed by atoms with Crippen LogP contribution in [0, 0.1) is 36.4 Å². The van der Waals surface area contributed by atoms with Crippen LogP contribution in [-0.4, -0.2) is 42.1 Å². The zero-order chi connectivity index (χ0) is 30.9. The van der Waals surface area contributed by atoms with E-state index in [0.29, 0.717) is 31.6 Å². The minimum absolute atomic E-state index is 0.0844. The van der Waals surface area contributed by atoms with Crippen molar-refractivity contribution in [3.63, 3.8) is 0 Å². The Morgan fingerprint density at radius 1 is 1.19 bits per heavy atom. The number of carbonyl (C=O) groups is 1. The fourth-order valence-electron chi connectivity index (χ4n) is 5.67. The summed E-state index contributed by atoms with van der Waals surface area (Å²) in [7, 11) is -4.26. The molecular weight excluding hydrogens is 571 g/mol. The van der Waals surface area contributed by atoms with Crippen LogP contribution in [-0.2, 0) is 47.7 Å². The van der Waals surface area contributed by atoms with Gasteiger partial charge in [0.1, 0.15) is 24.6 Å². The van der Waals surface area contributed by atoms with E-state index in [2.05, 4.69) is 11.0 Å². The summed E-state index contributed by atoms with van der Waals surface area (Å²) >= 11 is 0. The molecule has 0 saturated carbocycles. The number of fused-ring (bicyclic) bond motifs is 1. The largest absolute Gasteiger partial charge is 0.487 e. The summed E-state index contributed by atoms with van der Waals surface area (Å²) in [5.41, 5.74) is 4.37. The number of nitriles is 1. The number of rotatable bonds is 10. The van der Waals surface area contributed by atoms with Gasteiger partial charge in [0, 0.05) is 43.0 Å². The van der Waals surface area contributed by atoms with Crippen LogP contribution in [0.15, 0.2) is 36.4 Å². The second-order valence-corrected chi connectivity index (χ2v) is 13.5. The topological polar surface area (TPSA) is 121 Å². The third-order valence-electron chi connectivity index (χ3n) is 8.17. The number of hydrogen-bond donors (Lipinski definition) is 1. The standard InChI is InChI=1S/C31H37FN6O4S/c1-21-25(22(2)37(34-21)13-8-12-31(3,4)20-33)16-36-14-11-24-15-27(42-19-23-9-6-5-7-10-23)30(29(32)26(24)17-36)38-18-28(39)35-43(38,40)41/h5-7,9-10,15H,8,11-14,16-19H2,1-4H3,(H,35,39). The van der Waals surface area contributed by atoms with Gasteiger partial charge in [-0.2, -0.15) is 18.8 Å². The number of anilines is 1. The Bertz CT molecular complexity index is 1680. The summed E-state index contributed by atoms with van der Waals surface area (Å²) in [6.07, 6.45) is 2.15. The maximum Gasteiger partial charge on any atom is 0.326 e. The van der Waals surface area contributed by atoms with Gasteiger partial charge in [0.05, 0.1) is 17.2 Å². The number of aryl methyl sites for hydroxylation is 2. The van der Waals surface area contributed by atoms with Crippen LogP contribution >= 0.6 is 0 Å². The number of amides is 1. The smallest absolute Gasteiger partial charge is 0.326 e. The van der Waals surface area contributed by atoms with Gasteiger partial charge in [-0.05, 0) is 64.2 Å². The Labute approximate surface area is 252 Å². The maximum atomic E-state index is 16.4. The summed E-state index contributed by atoms with van der Waals surface area (Å²) in [5, 5.41) is 14.0. The molecular formula is C31H37FN6O4S. The van der Waals surface area contributed by atoms with Crippen molar-refractivity contribution in [1.29, 1.82) is 5.26 Å². The van der Waals surface area contributed by atoms with Crippen LogP contribution in [0.3, 0.4) is 0 Å². The Morgan fingerprint density at radius 2 is 1.93 bits per heavy atom. The molecule has 3 aromatic rings. The van der Waals surface area contributed by atoms with Crippen LogP contribution in [0.5, 0.6) is 5.75 Å². The average Bonchev–Trinajstić information content (AvgIpc) is 3.39. The number of benzene rings is 2. The molecule has 5 rings (SSSR count). The molecule has 0 radical (unpaired) electrons. The minimum atomic E-state index is -4.26. The van der Waals surface area contributed by atoms with E-state index in [1.807, 2.05) is 67.4 Å². The Kier molecular flexibility index (Phi) is 8.49. The molecule has 2 aliphatic heterocycles. The van der Waals surface area contributed by atoms with Gasteiger partial charge in [-0.15, -0.1) is 0 Å². The quantitative estimate of drug-likeness (QED) is 0.365. The zero-order valence-corrected chi connectivity index (χ0v) is 25.8. The Balaban J connectivity index is 1.40. The molecule has 0 unspecified atom stereocenters. The number of hydrogen-bond acceptors (Lipinski definition) is 7. The van der Waals surface area contributed by atoms with Gasteiger partial charge in [0.2, 0.25) is 0 Å². The van der Waals surface area contributed by atoms with Crippen molar-refractivity contribution >= 4 is 21.8 Å². The average molecular weight is 609 g/mol. The second-order valence-electron chi connectivity index (χ2n) is 11.9. The lowest BCUT2D eigenvalue weighted by molar-refractivity contribution is -0.117. The molecule has 0 atom stereocenters. The lowest BCUT2D eigenvalue weighted by Gasteiger charge is -2.31. The van der Waals surface area contributed by atoms with Gasteiger partial charge < -0.3 is 4.74 Å². The summed E-state index contributed by atoms with van der Waals surface area (Å²) < 4.78 is 52.7. The Hall–Kier alpha value is -3.95. The highest BCUT2D eigenvalue weighted by Crippen LogP contribution is 2.40. The lowest BCUT2D eigenvalue weighted by Crippen LogP contribution is -2.34. The van der Waals surface area contributed by atoms with Crippen molar-refractivity contribution in [2.24, 2.45) is 5.41 Å². The van der Waals surface area contributed by atoms with Gasteiger partial charge in [0.15, 0.2) is 5.82 Å². The molecule has 10 nitrogen and oxygen atoms in total. The number of carbonyl (C=O) groups excluding carboxylic acids is 1. The molecule has 3 heterocycles. The van der Waals surface area contributed by atoms with E-state index in [1.165, 1.54) is 0 Å². The third kappa shape index (κ3) is 6.53. The van der Waals surface area contributed by atoms with Crippen molar-refractivity contribution in [2.45, 2.75) is 73.2 Å². The highest BCUT2D eigenvalue weighted by Gasteiger charge is 2.39. The predicted octanol–water partition coefficient (Wildman–Crippen LogP) is 4.29. The first-order chi connectivity index (χ1) is 20.4. The van der Waals surface area contributed by atoms with Crippen LogP contribution in [0.25, 0.3) is 0 Å². The van der Waals surface area contributed by atoms with Gasteiger partial charge >= 0.3 is 10.2 Å². The number of nitrogens with zero attached hydrogens (tertiary/aromatic N) is 5. The molecule has 0 bridgehead atoms. The molecule has 43 heavy (non-hydrogen) atoms. The maximum absolute atomic E-state index is 16.4. The van der Waals surface area contributed by atoms with Gasteiger partial charge in [0.25, 0.3) is 5.91 Å². The van der Waals surface area contributed by atoms with Gasteiger partial charge in [-0.3, -0.25) is 14.4 Å². The highest BCUT2D eigenvalue weighted by atomic mass is 32.2. The lowest BCUT2D eigenvalue weighted by atomic mass is 9.90. The van der Waals surface area contributed by atoms with E-state index in [1.54, 1.807) is 6.07 Å². The Morgan fingerprint density at radius 3 is 2.60 bits per heavy atom. The second kappa shape index (κ2) is 12.0. The van der Waals surface area contributed by atoms with Crippen molar-refractivity contribution < 1.29 is 22.3 Å². The first-order valence-corrected chi connectivity index (χ1v) is 15.8. The normalized spacial score (nSPS) is 16.6. The molecule has 0 spiro atoms. The van der Waals surface area contributed by atoms with E-state index in [0.717, 1.165) is 45.2 Å². The molecule has 228 valence electrons. The van der Waals surface area contributed by atoms with Gasteiger partial charge in [-0.25, -0.2) is 13.4 Å². The van der Waals surface area contributed by atoms with Crippen LogP contribution in [0.2, 0.25) is 0 Å². The number of ether oxygens (including phenoxy) is 1. The summed E-state index contributed by atoms with van der Waals surface area (Å²) in [5.74, 6) is -1.34. The molecule has 1 N–H and O–H groups in total. The monoisotopic (exact) mass is 608 g/mol. The fraction of sp³-hybridized carbons (Fsp3) is 0.452. The van der Waals surface area contributed by atoms with Crippen LogP contribution < -0.4 is 13.8 Å². The summed E-state index contributed by atoms with van der Waals surface area (Å²) in [4.78, 5) is 14.2. The van der Waals surface area contributed by atoms with Gasteiger partial charge in [-0.1, -0.05) is 30.3 Å². The molecule has 1 amide bonds. The fourth-order valence-corrected chi connectivity index (χ4v) is 6.83. The SMILES string of the molecule is Cc1nn(CCCC(C)(C)C#N)c(C)c1CN1CCc2cc(OCc3ccccc3)c(N3CC(=O)NS3(=O)=O)c(F)c2C1. The highest BCUT2D eigenvalue weighted by molar-refractivity contribution is 7.92. The molecule has 2 aromatic carbocycles. The molecule has 1 aromatic heterocycles. The molecule has 2 aliphatic rings. The predicted molar refractivity (Wildman–Crippen MR) is 160 cm³/mol. The number of aromatic nitrogens is 2. The van der Waals surface area contributed by atoms with E-state index in [-0.39, 0.29) is 30.0 Å². The third-order valence-corrected chi connectivity index (χ3v) is 9.55. The van der Waals surface area contributed by atoms with E-state index >= 15 is 4.39 Å². The minimum Gasteiger partial charge on any atom is -0.487 e. The number of halogens is 1. The van der Waals surface area contributed by atoms with Crippen LogP contribution in [0.4, 0.5) is 10.1 Å². The van der Waals surface area contributed by atoms with Crippen molar-refractivity contribution in [2.75, 3.05) is 17.4 Å². The molecule has 0 aliphatic carbocycles. The van der Waals surface area contributed by atoms with Crippen molar-refractivity contribution in [1.82, 2.24) is 19.4 Å². The zero-order valence-electron chi connectivity index (χ0n) is 25.0. The summed E-state index contributed by atoms with van der Waals surface area (Å²) in [6.45, 7) is 9.67.